The summed E-state index contributed by atoms with van der Waals surface area (Å²) in [5.41, 5.74) is 4.73. The predicted octanol–water partition coefficient (Wildman–Crippen LogP) is 3.09. The number of esters is 1. The number of ether oxygens (including phenoxy) is 1. The lowest BCUT2D eigenvalue weighted by molar-refractivity contribution is 0.0602. The smallest absolute Gasteiger partial charge is 0.340 e. The molecule has 88 valence electrons. The zero-order valence-electron chi connectivity index (χ0n) is 10.2. The molecule has 0 saturated carbocycles. The van der Waals surface area contributed by atoms with Crippen molar-refractivity contribution >= 4 is 5.97 Å². The Morgan fingerprint density at radius 2 is 1.82 bits per heavy atom. The highest BCUT2D eigenvalue weighted by molar-refractivity contribution is 5.96. The topological polar surface area (TPSA) is 42.1 Å². The number of aryl methyl sites for hydroxylation is 2. The van der Waals surface area contributed by atoms with Crippen molar-refractivity contribution in [3.05, 3.63) is 47.2 Å². The van der Waals surface area contributed by atoms with Crippen molar-refractivity contribution in [1.82, 2.24) is 4.98 Å². The third-order valence-corrected chi connectivity index (χ3v) is 2.66. The number of H-pyrrole nitrogens is 1. The summed E-state index contributed by atoms with van der Waals surface area (Å²) in [6.07, 6.45) is 1.75. The second kappa shape index (κ2) is 4.45. The van der Waals surface area contributed by atoms with Crippen LogP contribution in [0, 0.1) is 13.8 Å². The second-order valence-electron chi connectivity index (χ2n) is 4.13. The van der Waals surface area contributed by atoms with Gasteiger partial charge in [0, 0.05) is 6.20 Å². The second-order valence-corrected chi connectivity index (χ2v) is 4.13. The van der Waals surface area contributed by atoms with E-state index in [-0.39, 0.29) is 5.97 Å². The first-order chi connectivity index (χ1) is 8.11. The molecule has 1 heterocycles. The van der Waals surface area contributed by atoms with Gasteiger partial charge < -0.3 is 9.72 Å². The molecule has 2 rings (SSSR count). The van der Waals surface area contributed by atoms with Crippen LogP contribution in [-0.2, 0) is 4.74 Å². The van der Waals surface area contributed by atoms with Crippen LogP contribution in [0.5, 0.6) is 0 Å². The number of nitrogens with one attached hydrogen (secondary N) is 1. The van der Waals surface area contributed by atoms with E-state index in [1.807, 2.05) is 26.0 Å². The van der Waals surface area contributed by atoms with Gasteiger partial charge >= 0.3 is 5.97 Å². The maximum atomic E-state index is 11.6. The van der Waals surface area contributed by atoms with Crippen molar-refractivity contribution in [3.8, 4) is 11.3 Å². The molecule has 3 nitrogen and oxygen atoms in total. The van der Waals surface area contributed by atoms with E-state index in [0.29, 0.717) is 5.56 Å². The van der Waals surface area contributed by atoms with Crippen LogP contribution >= 0.6 is 0 Å². The van der Waals surface area contributed by atoms with Crippen LogP contribution < -0.4 is 0 Å². The molecule has 1 N–H and O–H groups in total. The van der Waals surface area contributed by atoms with E-state index in [0.717, 1.165) is 11.3 Å². The number of carbonyl (C=O) groups excluding carboxylic acids is 1. The van der Waals surface area contributed by atoms with Crippen LogP contribution in [0.1, 0.15) is 21.5 Å². The minimum Gasteiger partial charge on any atom is -0.465 e. The molecule has 17 heavy (non-hydrogen) atoms. The Hall–Kier alpha value is -2.03. The molecule has 0 aliphatic rings. The first-order valence-corrected chi connectivity index (χ1v) is 5.46. The Bertz CT molecular complexity index is 535. The summed E-state index contributed by atoms with van der Waals surface area (Å²) in [5, 5.41) is 0. The van der Waals surface area contributed by atoms with Crippen LogP contribution in [0.25, 0.3) is 11.3 Å². The molecule has 2 aromatic rings. The normalized spacial score (nSPS) is 10.3. The van der Waals surface area contributed by atoms with E-state index in [2.05, 4.69) is 11.1 Å². The molecular formula is C14H15NO2. The van der Waals surface area contributed by atoms with Gasteiger partial charge in [0.2, 0.25) is 0 Å². The summed E-state index contributed by atoms with van der Waals surface area (Å²) in [6.45, 7) is 4.08. The molecule has 0 bridgehead atoms. The average molecular weight is 229 g/mol. The zero-order valence-corrected chi connectivity index (χ0v) is 10.2. The third kappa shape index (κ3) is 2.23. The molecule has 0 spiro atoms. The van der Waals surface area contributed by atoms with Crippen molar-refractivity contribution in [3.63, 3.8) is 0 Å². The van der Waals surface area contributed by atoms with Gasteiger partial charge in [-0.2, -0.15) is 0 Å². The Morgan fingerprint density at radius 3 is 2.41 bits per heavy atom. The monoisotopic (exact) mass is 229 g/mol. The van der Waals surface area contributed by atoms with Crippen molar-refractivity contribution in [1.29, 1.82) is 0 Å². The molecule has 0 aliphatic carbocycles. The molecule has 0 fully saturated rings. The minimum absolute atomic E-state index is 0.319. The van der Waals surface area contributed by atoms with E-state index >= 15 is 0 Å². The lowest BCUT2D eigenvalue weighted by atomic mass is 10.0. The van der Waals surface area contributed by atoms with Gasteiger partial charge in [0.1, 0.15) is 0 Å². The van der Waals surface area contributed by atoms with Crippen molar-refractivity contribution in [2.45, 2.75) is 13.8 Å². The fourth-order valence-electron chi connectivity index (χ4n) is 2.01. The summed E-state index contributed by atoms with van der Waals surface area (Å²) >= 11 is 0. The van der Waals surface area contributed by atoms with Gasteiger partial charge in [0.05, 0.1) is 18.4 Å². The van der Waals surface area contributed by atoms with E-state index in [4.69, 9.17) is 4.74 Å². The van der Waals surface area contributed by atoms with Crippen LogP contribution in [0.3, 0.4) is 0 Å². The van der Waals surface area contributed by atoms with Crippen molar-refractivity contribution in [2.75, 3.05) is 7.11 Å². The minimum atomic E-state index is -0.319. The van der Waals surface area contributed by atoms with E-state index in [1.165, 1.54) is 18.2 Å². The van der Waals surface area contributed by atoms with Crippen molar-refractivity contribution < 1.29 is 9.53 Å². The average Bonchev–Trinajstić information content (AvgIpc) is 2.75. The highest BCUT2D eigenvalue weighted by Gasteiger charge is 2.14. The number of methoxy groups -OCH3 is 1. The molecule has 0 radical (unpaired) electrons. The molecule has 0 atom stereocenters. The van der Waals surface area contributed by atoms with Crippen LogP contribution in [-0.4, -0.2) is 18.1 Å². The SMILES string of the molecule is COC(=O)c1cc[nH]c1-c1cc(C)cc(C)c1. The van der Waals surface area contributed by atoms with E-state index < -0.39 is 0 Å². The van der Waals surface area contributed by atoms with Gasteiger partial charge in [0.25, 0.3) is 0 Å². The van der Waals surface area contributed by atoms with Crippen LogP contribution in [0.2, 0.25) is 0 Å². The number of hydrogen-bond acceptors (Lipinski definition) is 2. The van der Waals surface area contributed by atoms with Gasteiger partial charge in [-0.05, 0) is 37.6 Å². The van der Waals surface area contributed by atoms with Crippen LogP contribution in [0.15, 0.2) is 30.5 Å². The Balaban J connectivity index is 2.53. The lowest BCUT2D eigenvalue weighted by Crippen LogP contribution is -2.01. The number of aromatic amines is 1. The molecule has 1 aromatic heterocycles. The molecule has 0 unspecified atom stereocenters. The standard InChI is InChI=1S/C14H15NO2/c1-9-6-10(2)8-11(7-9)13-12(4-5-15-13)14(16)17-3/h4-8,15H,1-3H3. The fraction of sp³-hybridized carbons (Fsp3) is 0.214. The summed E-state index contributed by atoms with van der Waals surface area (Å²) in [6, 6.07) is 7.93. The molecule has 0 aliphatic heterocycles. The maximum Gasteiger partial charge on any atom is 0.340 e. The third-order valence-electron chi connectivity index (χ3n) is 2.66. The van der Waals surface area contributed by atoms with Gasteiger partial charge in [-0.1, -0.05) is 17.2 Å². The molecule has 0 saturated heterocycles. The molecule has 0 amide bonds. The maximum absolute atomic E-state index is 11.6. The lowest BCUT2D eigenvalue weighted by Gasteiger charge is -2.05. The van der Waals surface area contributed by atoms with Crippen molar-refractivity contribution in [2.24, 2.45) is 0 Å². The number of aromatic nitrogens is 1. The highest BCUT2D eigenvalue weighted by atomic mass is 16.5. The van der Waals surface area contributed by atoms with Gasteiger partial charge in [-0.3, -0.25) is 0 Å². The zero-order chi connectivity index (χ0) is 12.4. The van der Waals surface area contributed by atoms with Gasteiger partial charge in [-0.25, -0.2) is 4.79 Å². The van der Waals surface area contributed by atoms with Gasteiger partial charge in [0.15, 0.2) is 0 Å². The number of benzene rings is 1. The Labute approximate surface area is 100 Å². The molecular weight excluding hydrogens is 214 g/mol. The highest BCUT2D eigenvalue weighted by Crippen LogP contribution is 2.24. The summed E-state index contributed by atoms with van der Waals surface area (Å²) in [5.74, 6) is -0.319. The fourth-order valence-corrected chi connectivity index (χ4v) is 2.01. The number of hydrogen-bond donors (Lipinski definition) is 1. The van der Waals surface area contributed by atoms with Crippen LogP contribution in [0.4, 0.5) is 0 Å². The molecule has 3 heteroatoms. The number of carbonyl (C=O) groups is 1. The quantitative estimate of drug-likeness (QED) is 0.804. The summed E-state index contributed by atoms with van der Waals surface area (Å²) in [7, 11) is 1.39. The summed E-state index contributed by atoms with van der Waals surface area (Å²) < 4.78 is 4.76. The predicted molar refractivity (Wildman–Crippen MR) is 67.0 cm³/mol. The summed E-state index contributed by atoms with van der Waals surface area (Å²) in [4.78, 5) is 14.7. The molecule has 1 aromatic carbocycles. The first kappa shape index (κ1) is 11.5. The number of rotatable bonds is 2. The first-order valence-electron chi connectivity index (χ1n) is 5.46. The Kier molecular flexibility index (Phi) is 3.00. The Morgan fingerprint density at radius 1 is 1.18 bits per heavy atom. The van der Waals surface area contributed by atoms with E-state index in [9.17, 15) is 4.79 Å². The largest absolute Gasteiger partial charge is 0.465 e. The van der Waals surface area contributed by atoms with Gasteiger partial charge in [-0.15, -0.1) is 0 Å². The van der Waals surface area contributed by atoms with E-state index in [1.54, 1.807) is 12.3 Å².